The molecule has 30 heavy (non-hydrogen) atoms. The third-order valence-corrected chi connectivity index (χ3v) is 5.78. The number of rotatable bonds is 6. The van der Waals surface area contributed by atoms with Gasteiger partial charge in [-0.15, -0.1) is 0 Å². The Balaban J connectivity index is 1.68. The topological polar surface area (TPSA) is 38.8 Å². The van der Waals surface area contributed by atoms with Gasteiger partial charge in [-0.05, 0) is 42.3 Å². The zero-order chi connectivity index (χ0) is 21.1. The molecule has 0 spiro atoms. The van der Waals surface area contributed by atoms with Crippen LogP contribution in [0.25, 0.3) is 11.6 Å². The molecule has 0 unspecified atom stereocenters. The maximum Gasteiger partial charge on any atom is 0.258 e. The van der Waals surface area contributed by atoms with Crippen LogP contribution in [-0.4, -0.2) is 19.6 Å². The summed E-state index contributed by atoms with van der Waals surface area (Å²) in [6.45, 7) is 3.06. The first-order chi connectivity index (χ1) is 14.6. The lowest BCUT2D eigenvalue weighted by Gasteiger charge is -2.14. The van der Waals surface area contributed by atoms with E-state index in [1.54, 1.807) is 12.0 Å². The van der Waals surface area contributed by atoms with Gasteiger partial charge in [-0.2, -0.15) is 0 Å². The molecule has 152 valence electrons. The highest BCUT2D eigenvalue weighted by atomic mass is 79.9. The molecule has 0 saturated carbocycles. The molecule has 3 aromatic rings. The zero-order valence-electron chi connectivity index (χ0n) is 16.9. The van der Waals surface area contributed by atoms with Crippen molar-refractivity contribution in [1.82, 2.24) is 0 Å². The minimum atomic E-state index is 0.00831. The van der Waals surface area contributed by atoms with Crippen LogP contribution < -0.4 is 14.4 Å². The Morgan fingerprint density at radius 1 is 1.00 bits per heavy atom. The van der Waals surface area contributed by atoms with Crippen molar-refractivity contribution in [3.05, 3.63) is 87.9 Å². The Hall–Kier alpha value is -3.05. The van der Waals surface area contributed by atoms with Gasteiger partial charge in [-0.3, -0.25) is 4.79 Å². The lowest BCUT2D eigenvalue weighted by atomic mass is 10.0. The first-order valence-electron chi connectivity index (χ1n) is 9.79. The molecule has 5 heteroatoms. The van der Waals surface area contributed by atoms with Crippen LogP contribution in [0.4, 0.5) is 5.69 Å². The summed E-state index contributed by atoms with van der Waals surface area (Å²) >= 11 is 3.63. The van der Waals surface area contributed by atoms with Gasteiger partial charge in [0.1, 0.15) is 6.61 Å². The predicted octanol–water partition coefficient (Wildman–Crippen LogP) is 5.94. The standard InChI is InChI=1S/C25H22BrNO3/c1-3-27-22-12-8-7-11-19(22)20(25(27)28)13-18-14-23(29-2)24(15-21(18)26)30-16-17-9-5-4-6-10-17/h4-15H,3,16H2,1-2H3/b20-13-. The van der Waals surface area contributed by atoms with Crippen LogP contribution in [0.5, 0.6) is 11.5 Å². The first-order valence-corrected chi connectivity index (χ1v) is 10.6. The molecule has 1 aliphatic rings. The third-order valence-electron chi connectivity index (χ3n) is 5.10. The van der Waals surface area contributed by atoms with Crippen LogP contribution in [0.3, 0.4) is 0 Å². The molecule has 0 aromatic heterocycles. The molecule has 3 aromatic carbocycles. The van der Waals surface area contributed by atoms with Crippen LogP contribution in [0.1, 0.15) is 23.6 Å². The van der Waals surface area contributed by atoms with Gasteiger partial charge >= 0.3 is 0 Å². The van der Waals surface area contributed by atoms with Crippen LogP contribution in [0.2, 0.25) is 0 Å². The second-order valence-electron chi connectivity index (χ2n) is 6.92. The Morgan fingerprint density at radius 2 is 1.73 bits per heavy atom. The van der Waals surface area contributed by atoms with Crippen molar-refractivity contribution in [2.24, 2.45) is 0 Å². The Kier molecular flexibility index (Phi) is 5.91. The number of nitrogens with zero attached hydrogens (tertiary/aromatic N) is 1. The number of hydrogen-bond acceptors (Lipinski definition) is 3. The van der Waals surface area contributed by atoms with Crippen molar-refractivity contribution in [1.29, 1.82) is 0 Å². The summed E-state index contributed by atoms with van der Waals surface area (Å²) in [4.78, 5) is 14.8. The summed E-state index contributed by atoms with van der Waals surface area (Å²) in [6.07, 6.45) is 1.91. The normalized spacial score (nSPS) is 14.2. The molecular weight excluding hydrogens is 442 g/mol. The van der Waals surface area contributed by atoms with Crippen LogP contribution >= 0.6 is 15.9 Å². The van der Waals surface area contributed by atoms with Gasteiger partial charge in [0, 0.05) is 22.2 Å². The van der Waals surface area contributed by atoms with Crippen molar-refractivity contribution < 1.29 is 14.3 Å². The van der Waals surface area contributed by atoms with Gasteiger partial charge in [-0.25, -0.2) is 0 Å². The van der Waals surface area contributed by atoms with E-state index in [1.165, 1.54) is 0 Å². The minimum Gasteiger partial charge on any atom is -0.493 e. The molecule has 1 amide bonds. The lowest BCUT2D eigenvalue weighted by molar-refractivity contribution is -0.112. The number of carbonyl (C=O) groups excluding carboxylic acids is 1. The predicted molar refractivity (Wildman–Crippen MR) is 124 cm³/mol. The lowest BCUT2D eigenvalue weighted by Crippen LogP contribution is -2.25. The van der Waals surface area contributed by atoms with Crippen molar-refractivity contribution >= 4 is 39.2 Å². The number of hydrogen-bond donors (Lipinski definition) is 0. The molecule has 4 rings (SSSR count). The highest BCUT2D eigenvalue weighted by Crippen LogP contribution is 2.40. The van der Waals surface area contributed by atoms with Gasteiger partial charge in [0.2, 0.25) is 0 Å². The maximum atomic E-state index is 13.0. The second-order valence-corrected chi connectivity index (χ2v) is 7.78. The SMILES string of the molecule is CCN1C(=O)/C(=C\c2cc(OC)c(OCc3ccccc3)cc2Br)c2ccccc21. The van der Waals surface area contributed by atoms with Gasteiger partial charge in [0.25, 0.3) is 5.91 Å². The average Bonchev–Trinajstić information content (AvgIpc) is 3.05. The van der Waals surface area contributed by atoms with Crippen molar-refractivity contribution in [2.45, 2.75) is 13.5 Å². The summed E-state index contributed by atoms with van der Waals surface area (Å²) in [7, 11) is 1.62. The summed E-state index contributed by atoms with van der Waals surface area (Å²) in [6, 6.07) is 21.6. The molecule has 1 heterocycles. The minimum absolute atomic E-state index is 0.00831. The van der Waals surface area contributed by atoms with Gasteiger partial charge in [0.15, 0.2) is 11.5 Å². The number of benzene rings is 3. The highest BCUT2D eigenvalue weighted by Gasteiger charge is 2.31. The van der Waals surface area contributed by atoms with E-state index in [4.69, 9.17) is 9.47 Å². The van der Waals surface area contributed by atoms with E-state index in [-0.39, 0.29) is 5.91 Å². The fourth-order valence-corrected chi connectivity index (χ4v) is 4.02. The van der Waals surface area contributed by atoms with Crippen molar-refractivity contribution in [3.8, 4) is 11.5 Å². The van der Waals surface area contributed by atoms with E-state index < -0.39 is 0 Å². The average molecular weight is 464 g/mol. The van der Waals surface area contributed by atoms with Crippen LogP contribution in [0, 0.1) is 0 Å². The fraction of sp³-hybridized carbons (Fsp3) is 0.160. The molecule has 0 radical (unpaired) electrons. The molecular formula is C25H22BrNO3. The third kappa shape index (κ3) is 3.85. The van der Waals surface area contributed by atoms with E-state index in [0.717, 1.165) is 26.9 Å². The van der Waals surface area contributed by atoms with Gasteiger partial charge < -0.3 is 14.4 Å². The summed E-state index contributed by atoms with van der Waals surface area (Å²) in [5.41, 5.74) is 4.50. The number of fused-ring (bicyclic) bond motifs is 1. The monoisotopic (exact) mass is 463 g/mol. The first kappa shape index (κ1) is 20.2. The summed E-state index contributed by atoms with van der Waals surface area (Å²) in [5.74, 6) is 1.27. The maximum absolute atomic E-state index is 13.0. The van der Waals surface area contributed by atoms with Crippen LogP contribution in [0.15, 0.2) is 71.2 Å². The Morgan fingerprint density at radius 3 is 2.47 bits per heavy atom. The Labute approximate surface area is 184 Å². The quantitative estimate of drug-likeness (QED) is 0.424. The van der Waals surface area contributed by atoms with Crippen molar-refractivity contribution in [2.75, 3.05) is 18.6 Å². The molecule has 0 N–H and O–H groups in total. The number of para-hydroxylation sites is 1. The zero-order valence-corrected chi connectivity index (χ0v) is 18.5. The van der Waals surface area contributed by atoms with Crippen molar-refractivity contribution in [3.63, 3.8) is 0 Å². The molecule has 0 saturated heterocycles. The number of halogens is 1. The van der Waals surface area contributed by atoms with Gasteiger partial charge in [0.05, 0.1) is 12.8 Å². The number of ether oxygens (including phenoxy) is 2. The van der Waals surface area contributed by atoms with E-state index >= 15 is 0 Å². The van der Waals surface area contributed by atoms with Crippen LogP contribution in [-0.2, 0) is 11.4 Å². The highest BCUT2D eigenvalue weighted by molar-refractivity contribution is 9.10. The second kappa shape index (κ2) is 8.76. The Bertz CT molecular complexity index is 1110. The van der Waals surface area contributed by atoms with E-state index in [9.17, 15) is 4.79 Å². The smallest absolute Gasteiger partial charge is 0.258 e. The molecule has 0 atom stereocenters. The molecule has 0 bridgehead atoms. The molecule has 0 aliphatic carbocycles. The summed E-state index contributed by atoms with van der Waals surface area (Å²) < 4.78 is 12.4. The number of methoxy groups -OCH3 is 1. The summed E-state index contributed by atoms with van der Waals surface area (Å²) in [5, 5.41) is 0. The molecule has 0 fully saturated rings. The van der Waals surface area contributed by atoms with Gasteiger partial charge in [-0.1, -0.05) is 64.5 Å². The van der Waals surface area contributed by atoms with E-state index in [0.29, 0.717) is 30.2 Å². The fourth-order valence-electron chi connectivity index (χ4n) is 3.58. The number of likely N-dealkylation sites (N-methyl/N-ethyl adjacent to an activating group) is 1. The van der Waals surface area contributed by atoms with E-state index in [1.807, 2.05) is 79.7 Å². The number of anilines is 1. The molecule has 4 nitrogen and oxygen atoms in total. The largest absolute Gasteiger partial charge is 0.493 e. The van der Waals surface area contributed by atoms with E-state index in [2.05, 4.69) is 15.9 Å². The number of carbonyl (C=O) groups is 1. The number of amides is 1. The molecule has 1 aliphatic heterocycles.